The van der Waals surface area contributed by atoms with Crippen LogP contribution in [-0.2, 0) is 0 Å². The van der Waals surface area contributed by atoms with Crippen molar-refractivity contribution in [3.8, 4) is 11.6 Å². The molecule has 0 saturated heterocycles. The molecule has 7 aromatic rings. The van der Waals surface area contributed by atoms with Gasteiger partial charge in [-0.3, -0.25) is 9.13 Å². The molecule has 32 heavy (non-hydrogen) atoms. The second-order valence-corrected chi connectivity index (χ2v) is 8.09. The minimum Gasteiger partial charge on any atom is -0.294 e. The molecule has 4 aromatic carbocycles. The van der Waals surface area contributed by atoms with Gasteiger partial charge in [-0.2, -0.15) is 0 Å². The van der Waals surface area contributed by atoms with E-state index in [2.05, 4.69) is 124 Å². The SMILES string of the molecule is c1cc(-n2c3ccccc3c3ccccc32)nc(-n2c3ccccc3c3ccccc32)c1. The Kier molecular flexibility index (Phi) is 3.55. The van der Waals surface area contributed by atoms with E-state index in [0.717, 1.165) is 11.6 Å². The molecule has 0 fully saturated rings. The lowest BCUT2D eigenvalue weighted by Crippen LogP contribution is -2.02. The summed E-state index contributed by atoms with van der Waals surface area (Å²) >= 11 is 0. The first-order valence-corrected chi connectivity index (χ1v) is 10.8. The maximum atomic E-state index is 5.18. The fraction of sp³-hybridized carbons (Fsp3) is 0. The normalized spacial score (nSPS) is 11.8. The van der Waals surface area contributed by atoms with E-state index in [1.807, 2.05) is 0 Å². The van der Waals surface area contributed by atoms with Crippen LogP contribution in [0.2, 0.25) is 0 Å². The van der Waals surface area contributed by atoms with Crippen LogP contribution >= 0.6 is 0 Å². The van der Waals surface area contributed by atoms with Gasteiger partial charge in [0.15, 0.2) is 0 Å². The average Bonchev–Trinajstić information content (AvgIpc) is 3.37. The van der Waals surface area contributed by atoms with E-state index in [4.69, 9.17) is 4.98 Å². The van der Waals surface area contributed by atoms with Crippen molar-refractivity contribution in [2.75, 3.05) is 0 Å². The summed E-state index contributed by atoms with van der Waals surface area (Å²) < 4.78 is 4.53. The van der Waals surface area contributed by atoms with Gasteiger partial charge in [-0.05, 0) is 36.4 Å². The summed E-state index contributed by atoms with van der Waals surface area (Å²) in [6.07, 6.45) is 0. The highest BCUT2D eigenvalue weighted by molar-refractivity contribution is 6.10. The molecule has 0 amide bonds. The molecule has 0 atom stereocenters. The molecule has 0 unspecified atom stereocenters. The molecule has 0 aliphatic rings. The van der Waals surface area contributed by atoms with Crippen molar-refractivity contribution in [2.45, 2.75) is 0 Å². The predicted octanol–water partition coefficient (Wildman–Crippen LogP) is 7.28. The van der Waals surface area contributed by atoms with Crippen LogP contribution in [-0.4, -0.2) is 14.1 Å². The molecular formula is C29H19N3. The quantitative estimate of drug-likeness (QED) is 0.294. The minimum absolute atomic E-state index is 0.918. The lowest BCUT2D eigenvalue weighted by Gasteiger charge is -2.11. The van der Waals surface area contributed by atoms with Gasteiger partial charge < -0.3 is 0 Å². The number of hydrogen-bond donors (Lipinski definition) is 0. The molecule has 7 rings (SSSR count). The highest BCUT2D eigenvalue weighted by atomic mass is 15.1. The zero-order chi connectivity index (χ0) is 21.1. The van der Waals surface area contributed by atoms with Gasteiger partial charge in [-0.1, -0.05) is 78.9 Å². The first kappa shape index (κ1) is 17.3. The summed E-state index contributed by atoms with van der Waals surface area (Å²) in [5.41, 5.74) is 4.67. The van der Waals surface area contributed by atoms with E-state index in [1.165, 1.54) is 43.6 Å². The van der Waals surface area contributed by atoms with Gasteiger partial charge in [0.05, 0.1) is 22.1 Å². The van der Waals surface area contributed by atoms with Gasteiger partial charge >= 0.3 is 0 Å². The van der Waals surface area contributed by atoms with Gasteiger partial charge in [0.25, 0.3) is 0 Å². The van der Waals surface area contributed by atoms with Crippen molar-refractivity contribution >= 4 is 43.6 Å². The summed E-state index contributed by atoms with van der Waals surface area (Å²) in [6, 6.07) is 40.5. The van der Waals surface area contributed by atoms with E-state index >= 15 is 0 Å². The zero-order valence-electron chi connectivity index (χ0n) is 17.3. The van der Waals surface area contributed by atoms with Crippen LogP contribution in [0.3, 0.4) is 0 Å². The highest BCUT2D eigenvalue weighted by Gasteiger charge is 2.15. The second kappa shape index (κ2) is 6.56. The van der Waals surface area contributed by atoms with E-state index < -0.39 is 0 Å². The molecule has 0 aliphatic carbocycles. The zero-order valence-corrected chi connectivity index (χ0v) is 17.3. The summed E-state index contributed by atoms with van der Waals surface area (Å²) in [4.78, 5) is 5.18. The number of hydrogen-bond acceptors (Lipinski definition) is 1. The third-order valence-corrected chi connectivity index (χ3v) is 6.34. The molecule has 0 radical (unpaired) electrons. The first-order valence-electron chi connectivity index (χ1n) is 10.8. The Hall–Kier alpha value is -4.37. The van der Waals surface area contributed by atoms with Crippen LogP contribution in [0, 0.1) is 0 Å². The lowest BCUT2D eigenvalue weighted by molar-refractivity contribution is 1.01. The third-order valence-electron chi connectivity index (χ3n) is 6.34. The summed E-state index contributed by atoms with van der Waals surface area (Å²) in [7, 11) is 0. The molecule has 0 spiro atoms. The van der Waals surface area contributed by atoms with Gasteiger partial charge in [0.1, 0.15) is 11.6 Å². The average molecular weight is 409 g/mol. The number of pyridine rings is 1. The van der Waals surface area contributed by atoms with E-state index in [-0.39, 0.29) is 0 Å². The van der Waals surface area contributed by atoms with Crippen molar-refractivity contribution in [2.24, 2.45) is 0 Å². The van der Waals surface area contributed by atoms with E-state index in [0.29, 0.717) is 0 Å². The van der Waals surface area contributed by atoms with E-state index in [9.17, 15) is 0 Å². The number of para-hydroxylation sites is 4. The number of nitrogens with zero attached hydrogens (tertiary/aromatic N) is 3. The maximum Gasteiger partial charge on any atom is 0.140 e. The molecule has 3 nitrogen and oxygen atoms in total. The Morgan fingerprint density at radius 3 is 1.00 bits per heavy atom. The molecule has 150 valence electrons. The Morgan fingerprint density at radius 2 is 0.656 bits per heavy atom. The van der Waals surface area contributed by atoms with Crippen molar-refractivity contribution in [3.63, 3.8) is 0 Å². The second-order valence-electron chi connectivity index (χ2n) is 8.09. The van der Waals surface area contributed by atoms with Crippen molar-refractivity contribution < 1.29 is 0 Å². The topological polar surface area (TPSA) is 22.8 Å². The Morgan fingerprint density at radius 1 is 0.344 bits per heavy atom. The van der Waals surface area contributed by atoms with Crippen molar-refractivity contribution in [1.29, 1.82) is 0 Å². The predicted molar refractivity (Wildman–Crippen MR) is 133 cm³/mol. The fourth-order valence-electron chi connectivity index (χ4n) is 5.00. The van der Waals surface area contributed by atoms with Gasteiger partial charge in [0.2, 0.25) is 0 Å². The highest BCUT2D eigenvalue weighted by Crippen LogP contribution is 2.33. The smallest absolute Gasteiger partial charge is 0.140 e. The number of fused-ring (bicyclic) bond motifs is 6. The monoisotopic (exact) mass is 409 g/mol. The van der Waals surface area contributed by atoms with Gasteiger partial charge in [-0.25, -0.2) is 4.98 Å². The molecule has 3 heterocycles. The molecule has 0 N–H and O–H groups in total. The molecule has 3 aromatic heterocycles. The largest absolute Gasteiger partial charge is 0.294 e. The van der Waals surface area contributed by atoms with E-state index in [1.54, 1.807) is 0 Å². The Labute approximate surface area is 184 Å². The maximum absolute atomic E-state index is 5.18. The molecular weight excluding hydrogens is 390 g/mol. The lowest BCUT2D eigenvalue weighted by atomic mass is 10.2. The van der Waals surface area contributed by atoms with Crippen molar-refractivity contribution in [1.82, 2.24) is 14.1 Å². The number of rotatable bonds is 2. The first-order chi connectivity index (χ1) is 15.9. The molecule has 3 heteroatoms. The van der Waals surface area contributed by atoms with Crippen LogP contribution in [0.15, 0.2) is 115 Å². The molecule has 0 bridgehead atoms. The van der Waals surface area contributed by atoms with Crippen molar-refractivity contribution in [3.05, 3.63) is 115 Å². The molecule has 0 saturated carbocycles. The Balaban J connectivity index is 1.55. The molecule has 0 aliphatic heterocycles. The Bertz CT molecular complexity index is 1550. The summed E-state index contributed by atoms with van der Waals surface area (Å²) in [5, 5.41) is 4.97. The van der Waals surface area contributed by atoms with Crippen LogP contribution in [0.4, 0.5) is 0 Å². The fourth-order valence-corrected chi connectivity index (χ4v) is 5.00. The van der Waals surface area contributed by atoms with Crippen LogP contribution < -0.4 is 0 Å². The summed E-state index contributed by atoms with van der Waals surface area (Å²) in [5.74, 6) is 1.84. The van der Waals surface area contributed by atoms with Crippen LogP contribution in [0.25, 0.3) is 55.2 Å². The number of aromatic nitrogens is 3. The van der Waals surface area contributed by atoms with Crippen LogP contribution in [0.5, 0.6) is 0 Å². The minimum atomic E-state index is 0.918. The summed E-state index contributed by atoms with van der Waals surface area (Å²) in [6.45, 7) is 0. The number of benzene rings is 4. The standard InChI is InChI=1S/C29H19N3/c1-5-14-24-20(10-1)21-11-2-6-15-25(21)31(24)28-18-9-19-29(30-28)32-26-16-7-3-12-22(26)23-13-4-8-17-27(23)32/h1-19H. The van der Waals surface area contributed by atoms with Crippen LogP contribution in [0.1, 0.15) is 0 Å². The van der Waals surface area contributed by atoms with Gasteiger partial charge in [0, 0.05) is 21.5 Å². The third kappa shape index (κ3) is 2.33. The van der Waals surface area contributed by atoms with Gasteiger partial charge in [-0.15, -0.1) is 0 Å².